The van der Waals surface area contributed by atoms with Gasteiger partial charge in [-0.25, -0.2) is 4.79 Å². The number of halogens is 4. The second-order valence-electron chi connectivity index (χ2n) is 7.23. The van der Waals surface area contributed by atoms with Crippen LogP contribution in [0.3, 0.4) is 0 Å². The largest absolute Gasteiger partial charge is 0.456 e. The summed E-state index contributed by atoms with van der Waals surface area (Å²) < 4.78 is 57.7. The first-order valence-corrected chi connectivity index (χ1v) is 10.2. The fourth-order valence-electron chi connectivity index (χ4n) is 3.11. The lowest BCUT2D eigenvalue weighted by atomic mass is 10.0. The summed E-state index contributed by atoms with van der Waals surface area (Å²) in [7, 11) is 0. The molecule has 2 aromatic carbocycles. The highest BCUT2D eigenvalue weighted by Gasteiger charge is 2.31. The molecule has 0 aliphatic carbocycles. The molecule has 178 valence electrons. The van der Waals surface area contributed by atoms with E-state index in [1.807, 2.05) is 0 Å². The molecule has 3 aromatic rings. The minimum atomic E-state index is -4.60. The Morgan fingerprint density at radius 2 is 1.79 bits per heavy atom. The quantitative estimate of drug-likeness (QED) is 0.358. The van der Waals surface area contributed by atoms with Crippen LogP contribution in [0.1, 0.15) is 23.1 Å². The molecule has 7 nitrogen and oxygen atoms in total. The number of anilines is 3. The highest BCUT2D eigenvalue weighted by Crippen LogP contribution is 2.32. The van der Waals surface area contributed by atoms with E-state index >= 15 is 0 Å². The molecular weight excluding hydrogens is 454 g/mol. The lowest BCUT2D eigenvalue weighted by Crippen LogP contribution is -2.20. The highest BCUT2D eigenvalue weighted by atomic mass is 19.4. The molecule has 0 saturated carbocycles. The summed E-state index contributed by atoms with van der Waals surface area (Å²) in [6.07, 6.45) is -1.80. The molecule has 34 heavy (non-hydrogen) atoms. The molecule has 2 amide bonds. The van der Waals surface area contributed by atoms with Gasteiger partial charge in [-0.3, -0.25) is 10.1 Å². The summed E-state index contributed by atoms with van der Waals surface area (Å²) in [5.41, 5.74) is 11.6. The molecule has 0 atom stereocenters. The third kappa shape index (κ3) is 6.49. The number of hydrogen-bond acceptors (Lipinski definition) is 4. The summed E-state index contributed by atoms with van der Waals surface area (Å²) in [4.78, 5) is 16.2. The number of rotatable bonds is 8. The number of carbonyl (C=O) groups excluding carboxylic acids is 1. The molecule has 1 heterocycles. The second-order valence-corrected chi connectivity index (χ2v) is 7.23. The monoisotopic (exact) mass is 476 g/mol. The Labute approximate surface area is 193 Å². The second kappa shape index (κ2) is 10.7. The molecule has 11 heteroatoms. The van der Waals surface area contributed by atoms with Gasteiger partial charge in [-0.1, -0.05) is 0 Å². The number of benzene rings is 2. The van der Waals surface area contributed by atoms with Gasteiger partial charge in [0.2, 0.25) is 0 Å². The molecule has 6 N–H and O–H groups in total. The highest BCUT2D eigenvalue weighted by molar-refractivity contribution is 5.99. The van der Waals surface area contributed by atoms with Crippen LogP contribution in [0.5, 0.6) is 11.5 Å². The van der Waals surface area contributed by atoms with E-state index in [0.29, 0.717) is 22.7 Å². The molecule has 0 unspecified atom stereocenters. The summed E-state index contributed by atoms with van der Waals surface area (Å²) in [6, 6.07) is 10.1. The van der Waals surface area contributed by atoms with Crippen molar-refractivity contribution < 1.29 is 32.1 Å². The average Bonchev–Trinajstić information content (AvgIpc) is 2.78. The average molecular weight is 476 g/mol. The van der Waals surface area contributed by atoms with Gasteiger partial charge in [-0.2, -0.15) is 18.2 Å². The van der Waals surface area contributed by atoms with Crippen molar-refractivity contribution in [1.82, 2.24) is 0 Å². The number of nitrogens with two attached hydrogens (primary N) is 2. The van der Waals surface area contributed by atoms with Crippen molar-refractivity contribution in [3.63, 3.8) is 0 Å². The van der Waals surface area contributed by atoms with Crippen molar-refractivity contribution >= 4 is 23.2 Å². The van der Waals surface area contributed by atoms with Crippen LogP contribution in [-0.4, -0.2) is 12.7 Å². The van der Waals surface area contributed by atoms with E-state index in [4.69, 9.17) is 16.2 Å². The third-order valence-electron chi connectivity index (χ3n) is 4.71. The van der Waals surface area contributed by atoms with Crippen molar-refractivity contribution in [2.24, 2.45) is 5.73 Å². The predicted octanol–water partition coefficient (Wildman–Crippen LogP) is 4.48. The number of nitrogens with one attached hydrogen (secondary N) is 2. The lowest BCUT2D eigenvalue weighted by Gasteiger charge is -2.14. The zero-order valence-corrected chi connectivity index (χ0v) is 17.9. The van der Waals surface area contributed by atoms with Crippen molar-refractivity contribution in [3.05, 3.63) is 71.4 Å². The molecule has 0 aliphatic heterocycles. The van der Waals surface area contributed by atoms with Gasteiger partial charge in [0.1, 0.15) is 11.3 Å². The van der Waals surface area contributed by atoms with Gasteiger partial charge in [0.05, 0.1) is 18.3 Å². The van der Waals surface area contributed by atoms with E-state index in [9.17, 15) is 22.4 Å². The Hall–Kier alpha value is -4.04. The van der Waals surface area contributed by atoms with Crippen molar-refractivity contribution in [2.75, 3.05) is 23.0 Å². The Balaban J connectivity index is 1.68. The van der Waals surface area contributed by atoms with Gasteiger partial charge < -0.3 is 21.1 Å². The zero-order valence-electron chi connectivity index (χ0n) is 17.9. The van der Waals surface area contributed by atoms with E-state index in [2.05, 4.69) is 21.8 Å². The number of aromatic nitrogens is 1. The van der Waals surface area contributed by atoms with Gasteiger partial charge in [0.25, 0.3) is 0 Å². The SMILES string of the molecule is NCc1c(Oc2ccc(NC(=O)Nc3cc(CCCF)cc(C(F)(F)F)c3)cc2)cc#[n+]c1N. The fourth-order valence-corrected chi connectivity index (χ4v) is 3.11. The number of aryl methyl sites for hydroxylation is 1. The normalized spacial score (nSPS) is 11.0. The van der Waals surface area contributed by atoms with Crippen molar-refractivity contribution in [2.45, 2.75) is 25.6 Å². The van der Waals surface area contributed by atoms with E-state index in [0.717, 1.165) is 12.1 Å². The number of alkyl halides is 4. The summed E-state index contributed by atoms with van der Waals surface area (Å²) in [6.45, 7) is -0.534. The first-order valence-electron chi connectivity index (χ1n) is 10.2. The Morgan fingerprint density at radius 1 is 1.09 bits per heavy atom. The van der Waals surface area contributed by atoms with Crippen LogP contribution in [0.15, 0.2) is 48.5 Å². The van der Waals surface area contributed by atoms with Crippen LogP contribution in [0.2, 0.25) is 0 Å². The van der Waals surface area contributed by atoms with Crippen LogP contribution in [-0.2, 0) is 19.1 Å². The molecule has 0 saturated heterocycles. The summed E-state index contributed by atoms with van der Waals surface area (Å²) in [5, 5.41) is 4.91. The number of hydrogen-bond donors (Lipinski definition) is 4. The van der Waals surface area contributed by atoms with E-state index in [1.54, 1.807) is 24.3 Å². The number of carbonyl (C=O) groups is 1. The number of amides is 2. The summed E-state index contributed by atoms with van der Waals surface area (Å²) in [5.74, 6) is 1.02. The first kappa shape index (κ1) is 24.6. The van der Waals surface area contributed by atoms with Gasteiger partial charge >= 0.3 is 18.0 Å². The Bertz CT molecular complexity index is 1140. The molecule has 1 aromatic heterocycles. The number of ether oxygens (including phenoxy) is 1. The van der Waals surface area contributed by atoms with Crippen molar-refractivity contribution in [3.8, 4) is 11.5 Å². The number of nitrogens with zero attached hydrogens (tertiary/aromatic N) is 1. The molecule has 0 fully saturated rings. The smallest absolute Gasteiger partial charge is 0.416 e. The fraction of sp³-hybridized carbons (Fsp3) is 0.217. The Kier molecular flexibility index (Phi) is 7.75. The first-order chi connectivity index (χ1) is 16.2. The number of urea groups is 1. The molecule has 0 bridgehead atoms. The van der Waals surface area contributed by atoms with Crippen LogP contribution in [0.4, 0.5) is 39.5 Å². The standard InChI is InChI=1S/C23H21F4N5O2/c24-8-1-2-14-10-15(23(25,26)27)12-17(11-14)32-22(33)31-16-3-5-18(6-4-16)34-20-7-9-30-21(29)19(20)13-28/h3-7,10-12,29H,1-2,8,13,28H2,(H2,31,32,33)/p+1. The van der Waals surface area contributed by atoms with Crippen LogP contribution < -0.4 is 31.8 Å². The lowest BCUT2D eigenvalue weighted by molar-refractivity contribution is -0.276. The maximum Gasteiger partial charge on any atom is 0.416 e. The molecular formula is C23H22F4N5O2+. The molecule has 3 rings (SSSR count). The van der Waals surface area contributed by atoms with Crippen LogP contribution in [0.25, 0.3) is 0 Å². The zero-order chi connectivity index (χ0) is 24.7. The molecule has 0 spiro atoms. The predicted molar refractivity (Wildman–Crippen MR) is 118 cm³/mol. The molecule has 0 aliphatic rings. The van der Waals surface area contributed by atoms with Crippen LogP contribution in [0, 0.1) is 6.20 Å². The van der Waals surface area contributed by atoms with Gasteiger partial charge in [-0.15, -0.1) is 0 Å². The topological polar surface area (TPSA) is 116 Å². The van der Waals surface area contributed by atoms with Crippen LogP contribution >= 0.6 is 0 Å². The maximum atomic E-state index is 13.2. The number of nitrogen functional groups attached to an aromatic ring is 1. The third-order valence-corrected chi connectivity index (χ3v) is 4.71. The molecule has 0 radical (unpaired) electrons. The van der Waals surface area contributed by atoms with E-state index in [1.165, 1.54) is 12.1 Å². The Morgan fingerprint density at radius 3 is 2.44 bits per heavy atom. The van der Waals surface area contributed by atoms with E-state index in [-0.39, 0.29) is 36.5 Å². The minimum Gasteiger partial charge on any atom is -0.456 e. The van der Waals surface area contributed by atoms with Gasteiger partial charge in [0.15, 0.2) is 11.9 Å². The van der Waals surface area contributed by atoms with Gasteiger partial charge in [-0.05, 0) is 60.9 Å². The maximum absolute atomic E-state index is 13.2. The summed E-state index contributed by atoms with van der Waals surface area (Å²) >= 11 is 0. The minimum absolute atomic E-state index is 0.0537. The van der Waals surface area contributed by atoms with Gasteiger partial charge in [0, 0.05) is 17.9 Å². The van der Waals surface area contributed by atoms with E-state index < -0.39 is 24.4 Å². The van der Waals surface area contributed by atoms with Crippen molar-refractivity contribution in [1.29, 1.82) is 0 Å².